The average molecular weight is 566 g/mol. The second-order valence-corrected chi connectivity index (χ2v) is 13.0. The number of nitrogens with zero attached hydrogens (tertiary/aromatic N) is 5. The Morgan fingerprint density at radius 2 is 1.88 bits per heavy atom. The van der Waals surface area contributed by atoms with Gasteiger partial charge in [0.15, 0.2) is 0 Å². The fourth-order valence-electron chi connectivity index (χ4n) is 5.03. The monoisotopic (exact) mass is 565 g/mol. The van der Waals surface area contributed by atoms with Crippen molar-refractivity contribution in [3.63, 3.8) is 0 Å². The van der Waals surface area contributed by atoms with Crippen LogP contribution in [0.25, 0.3) is 38.8 Å². The van der Waals surface area contributed by atoms with Crippen LogP contribution >= 0.6 is 11.3 Å². The summed E-state index contributed by atoms with van der Waals surface area (Å²) in [5, 5.41) is 15.6. The number of rotatable bonds is 6. The van der Waals surface area contributed by atoms with Crippen LogP contribution in [0.3, 0.4) is 0 Å². The third kappa shape index (κ3) is 5.09. The Labute approximate surface area is 237 Å². The minimum absolute atomic E-state index is 0.245. The number of para-hydroxylation sites is 2. The van der Waals surface area contributed by atoms with Crippen molar-refractivity contribution in [3.05, 3.63) is 95.6 Å². The molecule has 0 amide bonds. The molecule has 7 nitrogen and oxygen atoms in total. The fourth-order valence-corrected chi connectivity index (χ4v) is 7.61. The first-order valence-corrected chi connectivity index (χ1v) is 15.4. The predicted octanol–water partition coefficient (Wildman–Crippen LogP) is 6.63. The molecular formula is C31H27N5O2S2. The van der Waals surface area contributed by atoms with Gasteiger partial charge in [0.2, 0.25) is 10.0 Å². The third-order valence-corrected chi connectivity index (χ3v) is 10.0. The number of sulfonamides is 1. The maximum Gasteiger partial charge on any atom is 0.243 e. The summed E-state index contributed by atoms with van der Waals surface area (Å²) in [7, 11) is -3.65. The van der Waals surface area contributed by atoms with Crippen LogP contribution in [0.2, 0.25) is 0 Å². The van der Waals surface area contributed by atoms with Crippen LogP contribution in [0.4, 0.5) is 0 Å². The molecule has 40 heavy (non-hydrogen) atoms. The SMILES string of the molecule is CC1CCCN(S(=O)(=O)c2cccc(-c3nn(-c4ccccc4)cc3/C=C(/C#N)c3nc4ccccc4s3)c2)C1. The van der Waals surface area contributed by atoms with Gasteiger partial charge in [-0.15, -0.1) is 11.3 Å². The summed E-state index contributed by atoms with van der Waals surface area (Å²) in [6, 6.07) is 26.7. The van der Waals surface area contributed by atoms with E-state index in [9.17, 15) is 13.7 Å². The second-order valence-electron chi connectivity index (χ2n) is 10.0. The number of fused-ring (bicyclic) bond motifs is 1. The first-order chi connectivity index (χ1) is 19.4. The number of hydrogen-bond donors (Lipinski definition) is 0. The minimum Gasteiger partial charge on any atom is -0.240 e. The van der Waals surface area contributed by atoms with Crippen molar-refractivity contribution in [2.45, 2.75) is 24.7 Å². The molecule has 0 N–H and O–H groups in total. The van der Waals surface area contributed by atoms with Crippen LogP contribution in [-0.2, 0) is 10.0 Å². The van der Waals surface area contributed by atoms with Crippen molar-refractivity contribution >= 4 is 43.2 Å². The maximum absolute atomic E-state index is 13.6. The molecule has 1 aliphatic heterocycles. The number of aromatic nitrogens is 3. The lowest BCUT2D eigenvalue weighted by molar-refractivity contribution is 0.281. The average Bonchev–Trinajstić information content (AvgIpc) is 3.61. The van der Waals surface area contributed by atoms with Gasteiger partial charge in [0.1, 0.15) is 16.8 Å². The molecule has 5 aromatic rings. The standard InChI is InChI=1S/C31H27N5O2S2/c1-22-9-8-16-35(20-22)40(37,38)27-13-7-10-23(18-27)30-25(21-36(34-30)26-11-3-2-4-12-26)17-24(19-32)31-33-28-14-5-6-15-29(28)39-31/h2-7,10-15,17-18,21-22H,8-9,16,20H2,1H3/b24-17-. The van der Waals surface area contributed by atoms with E-state index < -0.39 is 10.0 Å². The van der Waals surface area contributed by atoms with Crippen LogP contribution in [0.5, 0.6) is 0 Å². The normalized spacial score (nSPS) is 16.7. The molecule has 3 heterocycles. The Bertz CT molecular complexity index is 1830. The molecule has 0 spiro atoms. The molecule has 9 heteroatoms. The molecule has 200 valence electrons. The lowest BCUT2D eigenvalue weighted by atomic mass is 10.0. The summed E-state index contributed by atoms with van der Waals surface area (Å²) in [4.78, 5) is 4.91. The molecular weight excluding hydrogens is 539 g/mol. The Hall–Kier alpha value is -4.10. The quantitative estimate of drug-likeness (QED) is 0.215. The molecule has 0 aliphatic carbocycles. The van der Waals surface area contributed by atoms with E-state index in [0.29, 0.717) is 46.4 Å². The molecule has 2 aromatic heterocycles. The van der Waals surface area contributed by atoms with E-state index in [1.807, 2.05) is 66.9 Å². The van der Waals surface area contributed by atoms with E-state index in [2.05, 4.69) is 18.0 Å². The van der Waals surface area contributed by atoms with Crippen LogP contribution in [-0.4, -0.2) is 40.6 Å². The van der Waals surface area contributed by atoms with E-state index in [4.69, 9.17) is 5.10 Å². The summed E-state index contributed by atoms with van der Waals surface area (Å²) in [5.41, 5.74) is 4.05. The Kier molecular flexibility index (Phi) is 7.07. The zero-order chi connectivity index (χ0) is 27.7. The molecule has 6 rings (SSSR count). The summed E-state index contributed by atoms with van der Waals surface area (Å²) in [6.45, 7) is 3.14. The lowest BCUT2D eigenvalue weighted by Crippen LogP contribution is -2.39. The Morgan fingerprint density at radius 3 is 2.65 bits per heavy atom. The molecule has 1 aliphatic rings. The first-order valence-electron chi connectivity index (χ1n) is 13.2. The van der Waals surface area contributed by atoms with Gasteiger partial charge in [0.25, 0.3) is 0 Å². The molecule has 1 saturated heterocycles. The van der Waals surface area contributed by atoms with E-state index in [1.165, 1.54) is 11.3 Å². The van der Waals surface area contributed by atoms with Crippen LogP contribution in [0, 0.1) is 17.2 Å². The highest BCUT2D eigenvalue weighted by molar-refractivity contribution is 7.89. The third-order valence-electron chi connectivity index (χ3n) is 7.07. The van der Waals surface area contributed by atoms with Crippen molar-refractivity contribution < 1.29 is 8.42 Å². The predicted molar refractivity (Wildman–Crippen MR) is 159 cm³/mol. The van der Waals surface area contributed by atoms with Gasteiger partial charge in [-0.05, 0) is 61.2 Å². The van der Waals surface area contributed by atoms with E-state index in [0.717, 1.165) is 28.7 Å². The second kappa shape index (κ2) is 10.8. The molecule has 3 aromatic carbocycles. The molecule has 0 bridgehead atoms. The number of nitriles is 1. The van der Waals surface area contributed by atoms with Crippen LogP contribution < -0.4 is 0 Å². The first kappa shape index (κ1) is 26.1. The summed E-state index contributed by atoms with van der Waals surface area (Å²) < 4.78 is 31.5. The number of allylic oxidation sites excluding steroid dienone is 1. The number of benzene rings is 3. The maximum atomic E-state index is 13.6. The summed E-state index contributed by atoms with van der Waals surface area (Å²) in [6.07, 6.45) is 5.55. The summed E-state index contributed by atoms with van der Waals surface area (Å²) >= 11 is 1.46. The van der Waals surface area contributed by atoms with Gasteiger partial charge in [-0.1, -0.05) is 49.4 Å². The van der Waals surface area contributed by atoms with Crippen LogP contribution in [0.1, 0.15) is 30.3 Å². The minimum atomic E-state index is -3.65. The van der Waals surface area contributed by atoms with Crippen molar-refractivity contribution in [2.24, 2.45) is 5.92 Å². The molecule has 1 unspecified atom stereocenters. The van der Waals surface area contributed by atoms with Gasteiger partial charge >= 0.3 is 0 Å². The van der Waals surface area contributed by atoms with Gasteiger partial charge in [0.05, 0.1) is 26.4 Å². The van der Waals surface area contributed by atoms with Gasteiger partial charge in [-0.3, -0.25) is 0 Å². The van der Waals surface area contributed by atoms with Gasteiger partial charge in [0, 0.05) is 30.4 Å². The highest BCUT2D eigenvalue weighted by atomic mass is 32.2. The van der Waals surface area contributed by atoms with Gasteiger partial charge < -0.3 is 0 Å². The zero-order valence-electron chi connectivity index (χ0n) is 21.9. The number of hydrogen-bond acceptors (Lipinski definition) is 6. The number of piperidine rings is 1. The summed E-state index contributed by atoms with van der Waals surface area (Å²) in [5.74, 6) is 0.330. The topological polar surface area (TPSA) is 91.9 Å². The number of thiazole rings is 1. The van der Waals surface area contributed by atoms with Gasteiger partial charge in [-0.2, -0.15) is 14.7 Å². The van der Waals surface area contributed by atoms with Crippen molar-refractivity contribution in [1.29, 1.82) is 5.26 Å². The van der Waals surface area contributed by atoms with Crippen molar-refractivity contribution in [2.75, 3.05) is 13.1 Å². The van der Waals surface area contributed by atoms with Crippen molar-refractivity contribution in [1.82, 2.24) is 19.1 Å². The van der Waals surface area contributed by atoms with Crippen LogP contribution in [0.15, 0.2) is 90.0 Å². The van der Waals surface area contributed by atoms with Crippen molar-refractivity contribution in [3.8, 4) is 23.0 Å². The zero-order valence-corrected chi connectivity index (χ0v) is 23.6. The molecule has 0 saturated carbocycles. The smallest absolute Gasteiger partial charge is 0.240 e. The highest BCUT2D eigenvalue weighted by Gasteiger charge is 2.29. The molecule has 1 fully saturated rings. The molecule has 0 radical (unpaired) electrons. The van der Waals surface area contributed by atoms with E-state index >= 15 is 0 Å². The Morgan fingerprint density at radius 1 is 1.07 bits per heavy atom. The largest absolute Gasteiger partial charge is 0.243 e. The Balaban J connectivity index is 1.46. The van der Waals surface area contributed by atoms with E-state index in [-0.39, 0.29) is 4.90 Å². The van der Waals surface area contributed by atoms with Gasteiger partial charge in [-0.25, -0.2) is 18.1 Å². The fraction of sp³-hybridized carbons (Fsp3) is 0.194. The lowest BCUT2D eigenvalue weighted by Gasteiger charge is -2.30. The molecule has 1 atom stereocenters. The van der Waals surface area contributed by atoms with E-state index in [1.54, 1.807) is 33.3 Å². The highest BCUT2D eigenvalue weighted by Crippen LogP contribution is 2.33.